The standard InChI is InChI=1S/C38H39N3O10S/c1-38(2,3)51-37(43)39-23-28-22-35-32(20-27(28)21-33(39)36(42)48-4)40(52(46,47)31-16-12-29(13-17-31)41(44)45)19-18-34(50-35)26-10-14-30(15-11-26)49-24-25-8-6-5-7-9-25/h5-17,20,22,33-34H,18-19,21,23-24H2,1-4H3/t33-,34+/m0/s1. The summed E-state index contributed by atoms with van der Waals surface area (Å²) in [5, 5.41) is 11.3. The van der Waals surface area contributed by atoms with Crippen LogP contribution in [0.3, 0.4) is 0 Å². The molecule has 0 fully saturated rings. The van der Waals surface area contributed by atoms with Gasteiger partial charge in [-0.2, -0.15) is 0 Å². The van der Waals surface area contributed by atoms with Crippen LogP contribution in [0.4, 0.5) is 16.2 Å². The molecule has 0 spiro atoms. The van der Waals surface area contributed by atoms with E-state index >= 15 is 0 Å². The van der Waals surface area contributed by atoms with Crippen molar-refractivity contribution in [2.45, 2.75) is 69.4 Å². The summed E-state index contributed by atoms with van der Waals surface area (Å²) in [7, 11) is -3.03. The molecule has 14 heteroatoms. The number of nitro benzene ring substituents is 1. The van der Waals surface area contributed by atoms with Crippen molar-refractivity contribution in [3.63, 3.8) is 0 Å². The van der Waals surface area contributed by atoms with Gasteiger partial charge in [0.15, 0.2) is 0 Å². The van der Waals surface area contributed by atoms with Gasteiger partial charge in [-0.1, -0.05) is 42.5 Å². The SMILES string of the molecule is COC(=O)[C@@H]1Cc2cc3c(cc2CN1C(=O)OC(C)(C)C)O[C@@H](c1ccc(OCc2ccccc2)cc1)CCN3S(=O)(=O)c1ccc([N+](=O)[O-])cc1. The van der Waals surface area contributed by atoms with Crippen LogP contribution in [0.1, 0.15) is 55.5 Å². The van der Waals surface area contributed by atoms with Crippen molar-refractivity contribution in [2.24, 2.45) is 0 Å². The molecule has 0 unspecified atom stereocenters. The Kier molecular flexibility index (Phi) is 10.1. The number of nitro groups is 1. The summed E-state index contributed by atoms with van der Waals surface area (Å²) in [4.78, 5) is 38.1. The number of benzene rings is 4. The second-order valence-corrected chi connectivity index (χ2v) is 15.4. The fraction of sp³-hybridized carbons (Fsp3) is 0.316. The maximum Gasteiger partial charge on any atom is 0.411 e. The van der Waals surface area contributed by atoms with Gasteiger partial charge in [-0.3, -0.25) is 19.3 Å². The van der Waals surface area contributed by atoms with Crippen LogP contribution in [0.25, 0.3) is 0 Å². The third-order valence-electron chi connectivity index (χ3n) is 8.78. The lowest BCUT2D eigenvalue weighted by Gasteiger charge is -2.37. The molecule has 1 amide bonds. The molecule has 6 rings (SSSR count). The van der Waals surface area contributed by atoms with Crippen LogP contribution >= 0.6 is 0 Å². The number of fused-ring (bicyclic) bond motifs is 2. The Morgan fingerprint density at radius 3 is 2.29 bits per heavy atom. The Labute approximate surface area is 301 Å². The molecule has 2 heterocycles. The number of rotatable bonds is 8. The second-order valence-electron chi connectivity index (χ2n) is 13.5. The van der Waals surface area contributed by atoms with Gasteiger partial charge in [0.2, 0.25) is 0 Å². The Morgan fingerprint density at radius 1 is 0.962 bits per heavy atom. The molecule has 0 aromatic heterocycles. The molecular weight excluding hydrogens is 690 g/mol. The molecule has 52 heavy (non-hydrogen) atoms. The zero-order valence-corrected chi connectivity index (χ0v) is 30.0. The summed E-state index contributed by atoms with van der Waals surface area (Å²) in [5.41, 5.74) is 2.24. The second kappa shape index (κ2) is 14.5. The van der Waals surface area contributed by atoms with Gasteiger partial charge < -0.3 is 18.9 Å². The third kappa shape index (κ3) is 7.81. The highest BCUT2D eigenvalue weighted by atomic mass is 32.2. The number of anilines is 1. The highest BCUT2D eigenvalue weighted by Crippen LogP contribution is 2.43. The summed E-state index contributed by atoms with van der Waals surface area (Å²) >= 11 is 0. The molecule has 0 bridgehead atoms. The maximum absolute atomic E-state index is 14.3. The van der Waals surface area contributed by atoms with Crippen LogP contribution in [0.2, 0.25) is 0 Å². The Balaban J connectivity index is 1.37. The average Bonchev–Trinajstić information content (AvgIpc) is 3.32. The molecule has 0 saturated heterocycles. The van der Waals surface area contributed by atoms with Gasteiger partial charge >= 0.3 is 12.1 Å². The number of carbonyl (C=O) groups excluding carboxylic acids is 2. The normalized spacial score (nSPS) is 17.2. The van der Waals surface area contributed by atoms with E-state index in [1.165, 1.54) is 28.4 Å². The van der Waals surface area contributed by atoms with Gasteiger partial charge in [-0.15, -0.1) is 0 Å². The third-order valence-corrected chi connectivity index (χ3v) is 10.6. The van der Waals surface area contributed by atoms with E-state index in [0.29, 0.717) is 23.5 Å². The molecule has 2 aliphatic rings. The van der Waals surface area contributed by atoms with E-state index in [9.17, 15) is 28.1 Å². The molecule has 4 aromatic rings. The van der Waals surface area contributed by atoms with Crippen molar-refractivity contribution < 1.29 is 41.9 Å². The number of amides is 1. The maximum atomic E-state index is 14.3. The molecule has 0 N–H and O–H groups in total. The fourth-order valence-electron chi connectivity index (χ4n) is 6.19. The Bertz CT molecular complexity index is 2070. The van der Waals surface area contributed by atoms with Crippen molar-refractivity contribution >= 4 is 33.5 Å². The first-order valence-electron chi connectivity index (χ1n) is 16.7. The van der Waals surface area contributed by atoms with Crippen LogP contribution in [-0.2, 0) is 43.9 Å². The minimum atomic E-state index is -4.26. The zero-order chi connectivity index (χ0) is 37.2. The van der Waals surface area contributed by atoms with E-state index < -0.39 is 44.8 Å². The number of esters is 1. The molecule has 4 aromatic carbocycles. The lowest BCUT2D eigenvalue weighted by Crippen LogP contribution is -2.50. The molecule has 2 atom stereocenters. The first-order valence-corrected chi connectivity index (χ1v) is 18.1. The van der Waals surface area contributed by atoms with E-state index in [0.717, 1.165) is 23.3 Å². The molecule has 0 aliphatic carbocycles. The van der Waals surface area contributed by atoms with Gasteiger partial charge in [0, 0.05) is 31.5 Å². The van der Waals surface area contributed by atoms with Gasteiger partial charge in [0.1, 0.15) is 35.9 Å². The van der Waals surface area contributed by atoms with Crippen molar-refractivity contribution in [1.82, 2.24) is 4.90 Å². The summed E-state index contributed by atoms with van der Waals surface area (Å²) < 4.78 is 53.0. The van der Waals surface area contributed by atoms with Crippen molar-refractivity contribution in [1.29, 1.82) is 0 Å². The number of methoxy groups -OCH3 is 1. The number of carbonyl (C=O) groups is 2. The average molecular weight is 730 g/mol. The Hall–Kier alpha value is -5.63. The topological polar surface area (TPSA) is 155 Å². The minimum absolute atomic E-state index is 0.00645. The first-order chi connectivity index (χ1) is 24.7. The predicted octanol–water partition coefficient (Wildman–Crippen LogP) is 6.73. The van der Waals surface area contributed by atoms with Crippen molar-refractivity contribution in [2.75, 3.05) is 18.0 Å². The summed E-state index contributed by atoms with van der Waals surface area (Å²) in [6.07, 6.45) is -0.983. The van der Waals surface area contributed by atoms with E-state index in [-0.39, 0.29) is 48.0 Å². The van der Waals surface area contributed by atoms with Crippen molar-refractivity contribution in [3.8, 4) is 11.5 Å². The van der Waals surface area contributed by atoms with E-state index in [2.05, 4.69) is 0 Å². The smallest absolute Gasteiger partial charge is 0.411 e. The fourth-order valence-corrected chi connectivity index (χ4v) is 7.67. The van der Waals surface area contributed by atoms with E-state index in [1.54, 1.807) is 32.9 Å². The lowest BCUT2D eigenvalue weighted by molar-refractivity contribution is -0.384. The largest absolute Gasteiger partial charge is 0.489 e. The highest BCUT2D eigenvalue weighted by Gasteiger charge is 2.40. The van der Waals surface area contributed by atoms with Crippen molar-refractivity contribution in [3.05, 3.63) is 123 Å². The number of non-ortho nitro benzene ring substituents is 1. The molecule has 13 nitrogen and oxygen atoms in total. The molecule has 0 radical (unpaired) electrons. The number of hydrogen-bond acceptors (Lipinski definition) is 10. The zero-order valence-electron chi connectivity index (χ0n) is 29.2. The number of nitrogens with zero attached hydrogens (tertiary/aromatic N) is 3. The number of hydrogen-bond donors (Lipinski definition) is 0. The van der Waals surface area contributed by atoms with Gasteiger partial charge in [-0.05, 0) is 79.4 Å². The molecular formula is C38H39N3O10S. The van der Waals surface area contributed by atoms with Crippen LogP contribution < -0.4 is 13.8 Å². The monoisotopic (exact) mass is 729 g/mol. The summed E-state index contributed by atoms with van der Waals surface area (Å²) in [6.45, 7) is 5.56. The minimum Gasteiger partial charge on any atom is -0.489 e. The molecule has 2 aliphatic heterocycles. The van der Waals surface area contributed by atoms with E-state index in [4.69, 9.17) is 18.9 Å². The van der Waals surface area contributed by atoms with Crippen LogP contribution in [0.15, 0.2) is 95.9 Å². The van der Waals surface area contributed by atoms with Gasteiger partial charge in [0.05, 0.1) is 29.2 Å². The van der Waals surface area contributed by atoms with Gasteiger partial charge in [-0.25, -0.2) is 18.0 Å². The number of sulfonamides is 1. The first kappa shape index (κ1) is 36.2. The van der Waals surface area contributed by atoms with E-state index in [1.807, 2.05) is 54.6 Å². The summed E-state index contributed by atoms with van der Waals surface area (Å²) in [5.74, 6) is 0.256. The van der Waals surface area contributed by atoms with Gasteiger partial charge in [0.25, 0.3) is 15.7 Å². The lowest BCUT2D eigenvalue weighted by atomic mass is 9.93. The highest BCUT2D eigenvalue weighted by molar-refractivity contribution is 7.92. The predicted molar refractivity (Wildman–Crippen MR) is 191 cm³/mol. The van der Waals surface area contributed by atoms with Crippen LogP contribution in [0, 0.1) is 10.1 Å². The molecule has 272 valence electrons. The van der Waals surface area contributed by atoms with Crippen LogP contribution in [-0.4, -0.2) is 55.6 Å². The van der Waals surface area contributed by atoms with Crippen LogP contribution in [0.5, 0.6) is 11.5 Å². The Morgan fingerprint density at radius 2 is 1.65 bits per heavy atom. The summed E-state index contributed by atoms with van der Waals surface area (Å²) in [6, 6.07) is 24.2. The number of ether oxygens (including phenoxy) is 4. The quantitative estimate of drug-likeness (QED) is 0.108. The molecule has 0 saturated carbocycles.